The lowest BCUT2D eigenvalue weighted by molar-refractivity contribution is 0.0298. The number of amides is 1. The number of rotatable bonds is 5. The number of nitrogens with zero attached hydrogens (tertiary/aromatic N) is 3. The molecule has 1 heterocycles. The summed E-state index contributed by atoms with van der Waals surface area (Å²) >= 11 is 0. The van der Waals surface area contributed by atoms with Gasteiger partial charge in [-0.2, -0.15) is 8.42 Å². The molecule has 0 spiro atoms. The lowest BCUT2D eigenvalue weighted by Gasteiger charge is -2.26. The first-order chi connectivity index (χ1) is 14.0. The normalized spacial score (nSPS) is 15.1. The van der Waals surface area contributed by atoms with Crippen molar-refractivity contribution < 1.29 is 17.9 Å². The molecule has 0 unspecified atom stereocenters. The number of aryl methyl sites for hydroxylation is 1. The third-order valence-electron chi connectivity index (χ3n) is 4.68. The minimum atomic E-state index is -3.77. The van der Waals surface area contributed by atoms with Crippen molar-refractivity contribution in [2.45, 2.75) is 39.7 Å². The molecule has 162 valence electrons. The molecule has 0 fully saturated rings. The first-order valence-corrected chi connectivity index (χ1v) is 11.3. The van der Waals surface area contributed by atoms with Crippen LogP contribution in [0.4, 0.5) is 21.9 Å². The van der Waals surface area contributed by atoms with Gasteiger partial charge in [0.1, 0.15) is 5.60 Å². The monoisotopic (exact) mass is 431 g/mol. The van der Waals surface area contributed by atoms with Gasteiger partial charge in [-0.3, -0.25) is 4.31 Å². The van der Waals surface area contributed by atoms with Gasteiger partial charge in [-0.15, -0.1) is 0 Å². The highest BCUT2D eigenvalue weighted by Crippen LogP contribution is 2.45. The van der Waals surface area contributed by atoms with Crippen LogP contribution in [0, 0.1) is 6.92 Å². The molecule has 3 rings (SSSR count). The third-order valence-corrected chi connectivity index (χ3v) is 6.48. The van der Waals surface area contributed by atoms with Crippen molar-refractivity contribution >= 4 is 33.4 Å². The number of para-hydroxylation sites is 1. The van der Waals surface area contributed by atoms with Crippen molar-refractivity contribution in [2.24, 2.45) is 0 Å². The Labute approximate surface area is 179 Å². The Morgan fingerprint density at radius 1 is 1.07 bits per heavy atom. The van der Waals surface area contributed by atoms with Gasteiger partial charge in [0, 0.05) is 20.1 Å². The highest BCUT2D eigenvalue weighted by atomic mass is 32.2. The Morgan fingerprint density at radius 2 is 1.73 bits per heavy atom. The third kappa shape index (κ3) is 4.53. The Balaban J connectivity index is 1.80. The molecule has 30 heavy (non-hydrogen) atoms. The van der Waals surface area contributed by atoms with Crippen LogP contribution >= 0.6 is 0 Å². The van der Waals surface area contributed by atoms with Gasteiger partial charge in [0.2, 0.25) is 0 Å². The lowest BCUT2D eigenvalue weighted by Crippen LogP contribution is -2.38. The molecule has 0 N–H and O–H groups in total. The number of ether oxygens (including phenoxy) is 1. The summed E-state index contributed by atoms with van der Waals surface area (Å²) in [7, 11) is -2.12. The van der Waals surface area contributed by atoms with Crippen molar-refractivity contribution in [3.8, 4) is 0 Å². The second-order valence-corrected chi connectivity index (χ2v) is 10.1. The summed E-state index contributed by atoms with van der Waals surface area (Å²) in [6.07, 6.45) is 0.0549. The van der Waals surface area contributed by atoms with E-state index in [0.717, 1.165) is 5.56 Å². The van der Waals surface area contributed by atoms with Crippen LogP contribution in [-0.2, 0) is 14.9 Å². The highest BCUT2D eigenvalue weighted by Gasteiger charge is 2.41. The minimum Gasteiger partial charge on any atom is -0.444 e. The van der Waals surface area contributed by atoms with E-state index in [1.54, 1.807) is 19.2 Å². The summed E-state index contributed by atoms with van der Waals surface area (Å²) in [5, 5.41) is 0. The van der Waals surface area contributed by atoms with Crippen molar-refractivity contribution in [1.82, 2.24) is 4.90 Å². The minimum absolute atomic E-state index is 0.259. The van der Waals surface area contributed by atoms with Crippen molar-refractivity contribution in [1.29, 1.82) is 0 Å². The summed E-state index contributed by atoms with van der Waals surface area (Å²) in [6.45, 7) is 8.02. The van der Waals surface area contributed by atoms with E-state index in [2.05, 4.69) is 0 Å². The van der Waals surface area contributed by atoms with Crippen molar-refractivity contribution in [3.63, 3.8) is 0 Å². The number of benzene rings is 2. The second kappa shape index (κ2) is 8.18. The van der Waals surface area contributed by atoms with Gasteiger partial charge >= 0.3 is 16.3 Å². The Hall–Kier alpha value is -2.74. The lowest BCUT2D eigenvalue weighted by atomic mass is 10.1. The first kappa shape index (κ1) is 22.0. The molecule has 1 aliphatic rings. The van der Waals surface area contributed by atoms with Gasteiger partial charge in [0.15, 0.2) is 0 Å². The van der Waals surface area contributed by atoms with Gasteiger partial charge in [0.05, 0.1) is 17.1 Å². The topological polar surface area (TPSA) is 70.2 Å². The molecule has 0 aromatic heterocycles. The van der Waals surface area contributed by atoms with Gasteiger partial charge in [-0.1, -0.05) is 24.3 Å². The molecule has 0 saturated carbocycles. The van der Waals surface area contributed by atoms with Crippen LogP contribution in [0.1, 0.15) is 32.8 Å². The summed E-state index contributed by atoms with van der Waals surface area (Å²) in [6, 6.07) is 14.7. The quantitative estimate of drug-likeness (QED) is 0.701. The zero-order valence-corrected chi connectivity index (χ0v) is 18.9. The van der Waals surface area contributed by atoms with Crippen LogP contribution in [0.2, 0.25) is 0 Å². The molecule has 7 nitrogen and oxygen atoms in total. The zero-order valence-electron chi connectivity index (χ0n) is 18.1. The number of carbonyl (C=O) groups excluding carboxylic acids is 1. The summed E-state index contributed by atoms with van der Waals surface area (Å²) in [5.74, 6) is 0. The molecule has 1 aliphatic heterocycles. The van der Waals surface area contributed by atoms with Gasteiger partial charge < -0.3 is 9.64 Å². The molecule has 2 aromatic rings. The predicted octanol–water partition coefficient (Wildman–Crippen LogP) is 4.45. The van der Waals surface area contributed by atoms with E-state index >= 15 is 0 Å². The Bertz CT molecular complexity index is 1020. The standard InChI is InChI=1S/C22H29N3O4S/c1-17-12-13-19-20(16-17)24(15-9-14-23(5)21(26)29-22(2,3)4)30(27,28)25(19)18-10-7-6-8-11-18/h6-8,10-13,16H,9,14-15H2,1-5H3. The Kier molecular flexibility index (Phi) is 5.99. The van der Waals surface area contributed by atoms with Crippen LogP contribution < -0.4 is 8.61 Å². The second-order valence-electron chi connectivity index (χ2n) is 8.43. The Morgan fingerprint density at radius 3 is 2.37 bits per heavy atom. The molecule has 0 aliphatic carbocycles. The van der Waals surface area contributed by atoms with E-state index in [1.165, 1.54) is 13.5 Å². The summed E-state index contributed by atoms with van der Waals surface area (Å²) in [4.78, 5) is 13.6. The van der Waals surface area contributed by atoms with E-state index in [4.69, 9.17) is 4.74 Å². The van der Waals surface area contributed by atoms with Gasteiger partial charge in [-0.25, -0.2) is 9.10 Å². The van der Waals surface area contributed by atoms with Crippen molar-refractivity contribution in [2.75, 3.05) is 28.7 Å². The average molecular weight is 432 g/mol. The number of hydrogen-bond acceptors (Lipinski definition) is 4. The molecule has 2 aromatic carbocycles. The molecule has 0 bridgehead atoms. The smallest absolute Gasteiger partial charge is 0.410 e. The fraction of sp³-hybridized carbons (Fsp3) is 0.409. The molecule has 1 amide bonds. The van der Waals surface area contributed by atoms with Gasteiger partial charge in [0.25, 0.3) is 0 Å². The molecule has 0 saturated heterocycles. The van der Waals surface area contributed by atoms with Crippen LogP contribution in [-0.4, -0.2) is 45.1 Å². The zero-order chi connectivity index (χ0) is 22.1. The maximum absolute atomic E-state index is 13.4. The fourth-order valence-electron chi connectivity index (χ4n) is 3.31. The fourth-order valence-corrected chi connectivity index (χ4v) is 5.05. The SMILES string of the molecule is Cc1ccc2c(c1)N(CCCN(C)C(=O)OC(C)(C)C)S(=O)(=O)N2c1ccccc1. The molecular weight excluding hydrogens is 402 g/mol. The predicted molar refractivity (Wildman–Crippen MR) is 120 cm³/mol. The maximum atomic E-state index is 13.4. The number of fused-ring (bicyclic) bond motifs is 1. The molecule has 8 heteroatoms. The van der Waals surface area contributed by atoms with E-state index < -0.39 is 21.9 Å². The first-order valence-electron chi connectivity index (χ1n) is 9.93. The van der Waals surface area contributed by atoms with Crippen molar-refractivity contribution in [3.05, 3.63) is 54.1 Å². The van der Waals surface area contributed by atoms with E-state index in [1.807, 2.05) is 64.1 Å². The molecule has 0 radical (unpaired) electrons. The maximum Gasteiger partial charge on any atom is 0.410 e. The van der Waals surface area contributed by atoms with Crippen LogP contribution in [0.5, 0.6) is 0 Å². The highest BCUT2D eigenvalue weighted by molar-refractivity contribution is 7.95. The van der Waals surface area contributed by atoms with E-state index in [0.29, 0.717) is 30.0 Å². The van der Waals surface area contributed by atoms with Crippen LogP contribution in [0.25, 0.3) is 0 Å². The molecule has 0 atom stereocenters. The van der Waals surface area contributed by atoms with Gasteiger partial charge in [-0.05, 0) is 63.9 Å². The number of carbonyl (C=O) groups is 1. The number of hydrogen-bond donors (Lipinski definition) is 0. The summed E-state index contributed by atoms with van der Waals surface area (Å²) < 4.78 is 35.0. The number of anilines is 3. The van der Waals surface area contributed by atoms with Crippen LogP contribution in [0.3, 0.4) is 0 Å². The largest absolute Gasteiger partial charge is 0.444 e. The van der Waals surface area contributed by atoms with E-state index in [-0.39, 0.29) is 6.54 Å². The molecular formula is C22H29N3O4S. The van der Waals surface area contributed by atoms with Crippen LogP contribution in [0.15, 0.2) is 48.5 Å². The van der Waals surface area contributed by atoms with E-state index in [9.17, 15) is 13.2 Å². The average Bonchev–Trinajstić information content (AvgIpc) is 2.87. The summed E-state index contributed by atoms with van der Waals surface area (Å²) in [5.41, 5.74) is 2.29.